The maximum absolute atomic E-state index is 4.23. The molecule has 21 heavy (non-hydrogen) atoms. The van der Waals surface area contributed by atoms with E-state index in [9.17, 15) is 0 Å². The molecule has 0 spiro atoms. The van der Waals surface area contributed by atoms with E-state index in [0.717, 1.165) is 21.1 Å². The van der Waals surface area contributed by atoms with Gasteiger partial charge in [-0.05, 0) is 0 Å². The van der Waals surface area contributed by atoms with Crippen molar-refractivity contribution in [1.82, 2.24) is 10.2 Å². The zero-order valence-corrected chi connectivity index (χ0v) is 13.9. The molecule has 0 N–H and O–H groups in total. The van der Waals surface area contributed by atoms with Crippen LogP contribution in [0, 0.1) is 0 Å². The van der Waals surface area contributed by atoms with E-state index in [2.05, 4.69) is 34.5 Å². The molecule has 1 aromatic heterocycles. The van der Waals surface area contributed by atoms with Crippen LogP contribution >= 0.6 is 11.3 Å². The summed E-state index contributed by atoms with van der Waals surface area (Å²) in [4.78, 5) is 0. The standard InChI is InChI=1S/C14H10N2S.2C2H6/c1-3-7-11(8-4-1)13-15-16-14(17-13)12-9-5-2-6-10-12;2*1-2/h1-10H;2*1-2H3. The fourth-order valence-corrected chi connectivity index (χ4v) is 2.47. The topological polar surface area (TPSA) is 25.8 Å². The monoisotopic (exact) mass is 298 g/mol. The number of benzene rings is 2. The van der Waals surface area contributed by atoms with Gasteiger partial charge < -0.3 is 0 Å². The lowest BCUT2D eigenvalue weighted by atomic mass is 10.2. The fraction of sp³-hybridized carbons (Fsp3) is 0.222. The normalized spacial score (nSPS) is 8.95. The smallest absolute Gasteiger partial charge is 0.138 e. The van der Waals surface area contributed by atoms with Gasteiger partial charge in [0.25, 0.3) is 0 Å². The van der Waals surface area contributed by atoms with E-state index < -0.39 is 0 Å². The lowest BCUT2D eigenvalue weighted by Crippen LogP contribution is -1.76. The zero-order chi connectivity index (χ0) is 15.5. The van der Waals surface area contributed by atoms with Crippen LogP contribution in [0.5, 0.6) is 0 Å². The minimum atomic E-state index is 0.962. The molecule has 0 aliphatic heterocycles. The molecule has 3 aromatic rings. The minimum Gasteiger partial charge on any atom is -0.138 e. The Kier molecular flexibility index (Phi) is 7.99. The summed E-state index contributed by atoms with van der Waals surface area (Å²) in [5.74, 6) is 0. The summed E-state index contributed by atoms with van der Waals surface area (Å²) in [6.45, 7) is 8.00. The van der Waals surface area contributed by atoms with Crippen LogP contribution in [0.4, 0.5) is 0 Å². The SMILES string of the molecule is CC.CC.c1ccc(-c2nnc(-c3ccccc3)s2)cc1. The van der Waals surface area contributed by atoms with E-state index in [0.29, 0.717) is 0 Å². The van der Waals surface area contributed by atoms with Crippen molar-refractivity contribution in [2.75, 3.05) is 0 Å². The summed E-state index contributed by atoms with van der Waals surface area (Å²) in [5.41, 5.74) is 2.24. The molecule has 0 bridgehead atoms. The van der Waals surface area contributed by atoms with Crippen LogP contribution in [0.15, 0.2) is 60.7 Å². The maximum Gasteiger partial charge on any atom is 0.148 e. The van der Waals surface area contributed by atoms with Crippen molar-refractivity contribution in [3.05, 3.63) is 60.7 Å². The van der Waals surface area contributed by atoms with Gasteiger partial charge in [0.1, 0.15) is 10.0 Å². The predicted molar refractivity (Wildman–Crippen MR) is 93.5 cm³/mol. The van der Waals surface area contributed by atoms with Crippen LogP contribution in [0.2, 0.25) is 0 Å². The highest BCUT2D eigenvalue weighted by atomic mass is 32.1. The second kappa shape index (κ2) is 9.83. The van der Waals surface area contributed by atoms with Crippen LogP contribution in [-0.2, 0) is 0 Å². The molecule has 0 amide bonds. The summed E-state index contributed by atoms with van der Waals surface area (Å²) >= 11 is 1.62. The molecule has 0 fully saturated rings. The van der Waals surface area contributed by atoms with E-state index >= 15 is 0 Å². The molecule has 0 unspecified atom stereocenters. The number of hydrogen-bond acceptors (Lipinski definition) is 3. The first kappa shape index (κ1) is 17.1. The van der Waals surface area contributed by atoms with Gasteiger partial charge in [0.2, 0.25) is 0 Å². The van der Waals surface area contributed by atoms with Crippen molar-refractivity contribution in [2.24, 2.45) is 0 Å². The van der Waals surface area contributed by atoms with Crippen molar-refractivity contribution < 1.29 is 0 Å². The molecule has 0 radical (unpaired) electrons. The molecule has 0 saturated carbocycles. The molecular formula is C18H22N2S. The molecule has 110 valence electrons. The average Bonchev–Trinajstić information content (AvgIpc) is 3.10. The number of rotatable bonds is 2. The number of hydrogen-bond donors (Lipinski definition) is 0. The van der Waals surface area contributed by atoms with Crippen LogP contribution in [-0.4, -0.2) is 10.2 Å². The summed E-state index contributed by atoms with van der Waals surface area (Å²) in [7, 11) is 0. The third-order valence-electron chi connectivity index (χ3n) is 2.47. The third kappa shape index (κ3) is 4.80. The van der Waals surface area contributed by atoms with Crippen molar-refractivity contribution in [2.45, 2.75) is 27.7 Å². The fourth-order valence-electron chi connectivity index (χ4n) is 1.62. The van der Waals surface area contributed by atoms with E-state index in [1.807, 2.05) is 64.1 Å². The molecule has 0 atom stereocenters. The van der Waals surface area contributed by atoms with Gasteiger partial charge in [-0.2, -0.15) is 0 Å². The van der Waals surface area contributed by atoms with Gasteiger partial charge >= 0.3 is 0 Å². The van der Waals surface area contributed by atoms with Crippen LogP contribution in [0.25, 0.3) is 21.1 Å². The zero-order valence-electron chi connectivity index (χ0n) is 13.1. The summed E-state index contributed by atoms with van der Waals surface area (Å²) < 4.78 is 0. The molecule has 1 heterocycles. The molecular weight excluding hydrogens is 276 g/mol. The predicted octanol–water partition coefficient (Wildman–Crippen LogP) is 5.92. The Morgan fingerprint density at radius 2 is 0.905 bits per heavy atom. The lowest BCUT2D eigenvalue weighted by Gasteiger charge is -1.93. The van der Waals surface area contributed by atoms with E-state index in [-0.39, 0.29) is 0 Å². The summed E-state index contributed by atoms with van der Waals surface area (Å²) in [6.07, 6.45) is 0. The van der Waals surface area contributed by atoms with E-state index in [1.54, 1.807) is 11.3 Å². The first-order valence-electron chi connectivity index (χ1n) is 7.38. The number of aromatic nitrogens is 2. The molecule has 0 saturated heterocycles. The molecule has 2 nitrogen and oxygen atoms in total. The van der Waals surface area contributed by atoms with Crippen LogP contribution < -0.4 is 0 Å². The second-order valence-corrected chi connectivity index (χ2v) is 4.62. The minimum absolute atomic E-state index is 0.962. The lowest BCUT2D eigenvalue weighted by molar-refractivity contribution is 1.10. The molecule has 2 aromatic carbocycles. The number of nitrogens with zero attached hydrogens (tertiary/aromatic N) is 2. The Morgan fingerprint density at radius 3 is 1.24 bits per heavy atom. The van der Waals surface area contributed by atoms with Crippen molar-refractivity contribution in [3.63, 3.8) is 0 Å². The second-order valence-electron chi connectivity index (χ2n) is 3.64. The van der Waals surface area contributed by atoms with Gasteiger partial charge in [-0.15, -0.1) is 10.2 Å². The van der Waals surface area contributed by atoms with E-state index in [1.165, 1.54) is 0 Å². The summed E-state index contributed by atoms with van der Waals surface area (Å²) in [5, 5.41) is 10.4. The average molecular weight is 298 g/mol. The van der Waals surface area contributed by atoms with Crippen molar-refractivity contribution >= 4 is 11.3 Å². The first-order valence-corrected chi connectivity index (χ1v) is 8.19. The Balaban J connectivity index is 0.000000510. The highest BCUT2D eigenvalue weighted by Gasteiger charge is 2.07. The van der Waals surface area contributed by atoms with Gasteiger partial charge in [0.15, 0.2) is 0 Å². The van der Waals surface area contributed by atoms with Crippen LogP contribution in [0.3, 0.4) is 0 Å². The van der Waals surface area contributed by atoms with Gasteiger partial charge in [0, 0.05) is 11.1 Å². The first-order chi connectivity index (χ1) is 10.4. The van der Waals surface area contributed by atoms with Crippen molar-refractivity contribution in [1.29, 1.82) is 0 Å². The molecule has 0 aliphatic carbocycles. The molecule has 3 rings (SSSR count). The highest BCUT2D eigenvalue weighted by molar-refractivity contribution is 7.17. The largest absolute Gasteiger partial charge is 0.148 e. The Morgan fingerprint density at radius 1 is 0.571 bits per heavy atom. The summed E-state index contributed by atoms with van der Waals surface area (Å²) in [6, 6.07) is 20.3. The van der Waals surface area contributed by atoms with E-state index in [4.69, 9.17) is 0 Å². The van der Waals surface area contributed by atoms with Gasteiger partial charge in [-0.1, -0.05) is 99.7 Å². The quantitative estimate of drug-likeness (QED) is 0.586. The third-order valence-corrected chi connectivity index (χ3v) is 3.49. The van der Waals surface area contributed by atoms with Gasteiger partial charge in [-0.25, -0.2) is 0 Å². The van der Waals surface area contributed by atoms with Crippen LogP contribution in [0.1, 0.15) is 27.7 Å². The molecule has 0 aliphatic rings. The maximum atomic E-state index is 4.23. The molecule has 3 heteroatoms. The Hall–Kier alpha value is -2.00. The Labute approximate surface area is 131 Å². The highest BCUT2D eigenvalue weighted by Crippen LogP contribution is 2.29. The van der Waals surface area contributed by atoms with Gasteiger partial charge in [-0.3, -0.25) is 0 Å². The van der Waals surface area contributed by atoms with Crippen molar-refractivity contribution in [3.8, 4) is 21.1 Å². The van der Waals surface area contributed by atoms with Gasteiger partial charge in [0.05, 0.1) is 0 Å². The Bertz CT molecular complexity index is 549.